The summed E-state index contributed by atoms with van der Waals surface area (Å²) >= 11 is 5.82. The maximum absolute atomic E-state index is 12.7. The van der Waals surface area contributed by atoms with Crippen LogP contribution in [0.5, 0.6) is 0 Å². The number of hydrogen-bond donors (Lipinski definition) is 2. The van der Waals surface area contributed by atoms with E-state index in [2.05, 4.69) is 20.3 Å². The van der Waals surface area contributed by atoms with Gasteiger partial charge in [-0.15, -0.1) is 0 Å². The molecule has 0 amide bonds. The van der Waals surface area contributed by atoms with Crippen molar-refractivity contribution in [3.63, 3.8) is 0 Å². The quantitative estimate of drug-likeness (QED) is 0.827. The molecule has 99 valence electrons. The Morgan fingerprint density at radius 3 is 2.74 bits per heavy atom. The van der Waals surface area contributed by atoms with Crippen molar-refractivity contribution in [2.45, 2.75) is 4.90 Å². The number of aromatic nitrogens is 3. The predicted octanol–water partition coefficient (Wildman–Crippen LogP) is 1.45. The molecule has 0 saturated heterocycles. The van der Waals surface area contributed by atoms with E-state index < -0.39 is 16.2 Å². The van der Waals surface area contributed by atoms with Gasteiger partial charge in [0.1, 0.15) is 0 Å². The monoisotopic (exact) mass is 303 g/mol. The Labute approximate surface area is 112 Å². The van der Waals surface area contributed by atoms with E-state index in [1.54, 1.807) is 0 Å². The minimum Gasteiger partial charge on any atom is -0.323 e. The lowest BCUT2D eigenvalue weighted by Gasteiger charge is -2.07. The molecule has 2 N–H and O–H groups in total. The van der Waals surface area contributed by atoms with Crippen molar-refractivity contribution in [1.29, 1.82) is 0 Å². The van der Waals surface area contributed by atoms with Crippen LogP contribution in [-0.4, -0.2) is 27.9 Å². The molecule has 0 unspecified atom stereocenters. The van der Waals surface area contributed by atoms with Gasteiger partial charge < -0.3 is 5.32 Å². The summed E-state index contributed by atoms with van der Waals surface area (Å²) < 4.78 is 43.6. The topological polar surface area (TPSA) is 105 Å². The van der Waals surface area contributed by atoms with Crippen LogP contribution in [-0.2, 0) is 10.1 Å². The number of benzene rings is 1. The van der Waals surface area contributed by atoms with Crippen molar-refractivity contribution in [2.24, 2.45) is 0 Å². The van der Waals surface area contributed by atoms with Crippen molar-refractivity contribution >= 4 is 33.4 Å². The lowest BCUT2D eigenvalue weighted by molar-refractivity contribution is 0.483. The van der Waals surface area contributed by atoms with E-state index in [4.69, 9.17) is 16.2 Å². The van der Waals surface area contributed by atoms with Crippen LogP contribution >= 0.6 is 11.6 Å². The molecule has 1 aromatic heterocycles. The number of hydrogen-bond acceptors (Lipinski definition) is 6. The van der Waals surface area contributed by atoms with E-state index in [1.807, 2.05) is 6.33 Å². The third-order valence-corrected chi connectivity index (χ3v) is 3.16. The Bertz CT molecular complexity index is 725. The highest BCUT2D eigenvalue weighted by molar-refractivity contribution is 7.85. The molecule has 0 bridgehead atoms. The van der Waals surface area contributed by atoms with Crippen molar-refractivity contribution in [3.05, 3.63) is 35.6 Å². The average Bonchev–Trinajstić information content (AvgIpc) is 2.30. The van der Waals surface area contributed by atoms with Crippen molar-refractivity contribution in [3.8, 4) is 0 Å². The first-order chi connectivity index (χ1) is 8.86. The summed E-state index contributed by atoms with van der Waals surface area (Å²) in [6, 6.07) is 3.41. The normalized spacial score (nSPS) is 11.3. The summed E-state index contributed by atoms with van der Waals surface area (Å²) in [4.78, 5) is 9.46. The molecule has 1 aromatic carbocycles. The Morgan fingerprint density at radius 2 is 2.11 bits per heavy atom. The molecule has 0 aliphatic rings. The van der Waals surface area contributed by atoms with Gasteiger partial charge in [0.05, 0.1) is 15.6 Å². The van der Waals surface area contributed by atoms with Crippen LogP contribution in [0, 0.1) is 12.4 Å². The molecular weight excluding hydrogens is 299 g/mol. The zero-order valence-electron chi connectivity index (χ0n) is 9.00. The second-order valence-corrected chi connectivity index (χ2v) is 5.10. The second-order valence-electron chi connectivity index (χ2n) is 3.27. The summed E-state index contributed by atoms with van der Waals surface area (Å²) in [5.41, 5.74) is 0.0794. The summed E-state index contributed by atoms with van der Waals surface area (Å²) in [7, 11) is -4.38. The molecule has 0 fully saturated rings. The average molecular weight is 304 g/mol. The fourth-order valence-corrected chi connectivity index (χ4v) is 1.86. The molecule has 7 nitrogen and oxygen atoms in total. The van der Waals surface area contributed by atoms with Gasteiger partial charge in [0.15, 0.2) is 0 Å². The van der Waals surface area contributed by atoms with Crippen LogP contribution < -0.4 is 5.32 Å². The van der Waals surface area contributed by atoms with Crippen LogP contribution in [0.15, 0.2) is 23.1 Å². The third-order valence-electron chi connectivity index (χ3n) is 1.98. The number of nitrogens with zero attached hydrogens (tertiary/aromatic N) is 3. The van der Waals surface area contributed by atoms with Crippen molar-refractivity contribution in [1.82, 2.24) is 15.0 Å². The number of nitrogens with one attached hydrogen (secondary N) is 1. The summed E-state index contributed by atoms with van der Waals surface area (Å²) in [6.45, 7) is 0. The van der Waals surface area contributed by atoms with Crippen LogP contribution in [0.1, 0.15) is 0 Å². The van der Waals surface area contributed by atoms with Gasteiger partial charge in [-0.05, 0) is 18.2 Å². The van der Waals surface area contributed by atoms with Gasteiger partial charge in [-0.2, -0.15) is 27.8 Å². The van der Waals surface area contributed by atoms with Gasteiger partial charge in [-0.25, -0.2) is 0 Å². The number of rotatable bonds is 3. The molecule has 0 aliphatic carbocycles. The second kappa shape index (κ2) is 5.03. The highest BCUT2D eigenvalue weighted by atomic mass is 35.5. The van der Waals surface area contributed by atoms with Crippen LogP contribution in [0.4, 0.5) is 16.0 Å². The molecule has 1 heterocycles. The largest absolute Gasteiger partial charge is 0.323 e. The summed E-state index contributed by atoms with van der Waals surface area (Å²) in [5, 5.41) is 2.62. The first-order valence-corrected chi connectivity index (χ1v) is 6.50. The Kier molecular flexibility index (Phi) is 3.60. The zero-order chi connectivity index (χ0) is 14.0. The Balaban J connectivity index is 2.40. The third kappa shape index (κ3) is 3.34. The molecule has 2 aromatic rings. The first kappa shape index (κ1) is 13.6. The number of anilines is 2. The van der Waals surface area contributed by atoms with Gasteiger partial charge >= 0.3 is 6.08 Å². The van der Waals surface area contributed by atoms with E-state index in [0.717, 1.165) is 12.1 Å². The molecule has 0 aliphatic heterocycles. The van der Waals surface area contributed by atoms with Gasteiger partial charge in [0.25, 0.3) is 10.1 Å². The van der Waals surface area contributed by atoms with Crippen LogP contribution in [0.3, 0.4) is 0 Å². The summed E-state index contributed by atoms with van der Waals surface area (Å²) in [5.74, 6) is -0.207. The van der Waals surface area contributed by atoms with E-state index in [1.165, 1.54) is 6.07 Å². The zero-order valence-corrected chi connectivity index (χ0v) is 10.6. The lowest BCUT2D eigenvalue weighted by atomic mass is 10.3. The van der Waals surface area contributed by atoms with Gasteiger partial charge in [0, 0.05) is 0 Å². The molecule has 1 radical (unpaired) electrons. The first-order valence-electron chi connectivity index (χ1n) is 4.68. The van der Waals surface area contributed by atoms with E-state index in [9.17, 15) is 12.8 Å². The standard InChI is InChI=1S/C9H5ClFN4O3S/c10-6-2-1-5(19(16,17)18)3-7(6)14-9-13-4-12-8(11)15-9/h1-3H,(H,16,17,18)(H,12,13,14,15). The maximum atomic E-state index is 12.7. The van der Waals surface area contributed by atoms with Crippen molar-refractivity contribution < 1.29 is 17.4 Å². The van der Waals surface area contributed by atoms with Gasteiger partial charge in [0.2, 0.25) is 12.3 Å². The SMILES string of the molecule is O=S(=O)(O)c1ccc(Cl)c(Nc2n[c]nc(F)n2)c1. The minimum atomic E-state index is -4.38. The van der Waals surface area contributed by atoms with Crippen LogP contribution in [0.2, 0.25) is 5.02 Å². The predicted molar refractivity (Wildman–Crippen MR) is 63.2 cm³/mol. The molecule has 0 spiro atoms. The number of halogens is 2. The molecule has 0 saturated carbocycles. The van der Waals surface area contributed by atoms with E-state index in [0.29, 0.717) is 0 Å². The highest BCUT2D eigenvalue weighted by Gasteiger charge is 2.13. The smallest absolute Gasteiger partial charge is 0.314 e. The lowest BCUT2D eigenvalue weighted by Crippen LogP contribution is -2.03. The van der Waals surface area contributed by atoms with Crippen LogP contribution in [0.25, 0.3) is 0 Å². The van der Waals surface area contributed by atoms with Gasteiger partial charge in [-0.3, -0.25) is 4.55 Å². The molecule has 19 heavy (non-hydrogen) atoms. The fraction of sp³-hybridized carbons (Fsp3) is 0. The molecular formula is C9H5ClFN4O3S. The highest BCUT2D eigenvalue weighted by Crippen LogP contribution is 2.26. The Morgan fingerprint density at radius 1 is 1.37 bits per heavy atom. The van der Waals surface area contributed by atoms with Crippen molar-refractivity contribution in [2.75, 3.05) is 5.32 Å². The fourth-order valence-electron chi connectivity index (χ4n) is 1.19. The van der Waals surface area contributed by atoms with Gasteiger partial charge in [-0.1, -0.05) is 11.6 Å². The Hall–Kier alpha value is -1.84. The molecule has 10 heteroatoms. The van der Waals surface area contributed by atoms with E-state index in [-0.39, 0.29) is 21.6 Å². The molecule has 0 atom stereocenters. The minimum absolute atomic E-state index is 0.0794. The van der Waals surface area contributed by atoms with E-state index >= 15 is 0 Å². The molecule has 2 rings (SSSR count). The summed E-state index contributed by atoms with van der Waals surface area (Å²) in [6.07, 6.45) is 0.947. The maximum Gasteiger partial charge on any atom is 0.314 e.